The molecule has 0 aliphatic carbocycles. The number of amides is 3. The van der Waals surface area contributed by atoms with Crippen LogP contribution in [0.3, 0.4) is 0 Å². The fourth-order valence-electron chi connectivity index (χ4n) is 2.35. The number of nitrogens with one attached hydrogen (secondary N) is 3. The van der Waals surface area contributed by atoms with Crippen LogP contribution in [-0.2, 0) is 30.4 Å². The molecule has 0 aliphatic heterocycles. The second kappa shape index (κ2) is 12.1. The number of carbonyl (C=O) groups is 5. The number of carboxylic acid groups (broad SMARTS) is 2. The third kappa shape index (κ3) is 9.10. The van der Waals surface area contributed by atoms with Crippen molar-refractivity contribution in [2.45, 2.75) is 31.0 Å². The van der Waals surface area contributed by atoms with Gasteiger partial charge in [0.05, 0.1) is 19.6 Å². The van der Waals surface area contributed by atoms with Gasteiger partial charge in [-0.25, -0.2) is 4.79 Å². The van der Waals surface area contributed by atoms with Crippen molar-refractivity contribution in [3.05, 3.63) is 29.8 Å². The number of carboxylic acids is 2. The molecule has 0 saturated carbocycles. The number of phenols is 1. The first-order chi connectivity index (χ1) is 14.5. The molecular formula is C18H24N4O9. The van der Waals surface area contributed by atoms with E-state index in [1.165, 1.54) is 24.3 Å². The first kappa shape index (κ1) is 25.3. The summed E-state index contributed by atoms with van der Waals surface area (Å²) in [6.07, 6.45) is -0.901. The minimum absolute atomic E-state index is 0.0119. The molecule has 0 fully saturated rings. The van der Waals surface area contributed by atoms with Crippen LogP contribution >= 0.6 is 0 Å². The fraction of sp³-hybridized carbons (Fsp3) is 0.389. The van der Waals surface area contributed by atoms with Gasteiger partial charge in [0.2, 0.25) is 17.7 Å². The van der Waals surface area contributed by atoms with E-state index < -0.39 is 67.4 Å². The van der Waals surface area contributed by atoms with E-state index in [0.29, 0.717) is 5.56 Å². The van der Waals surface area contributed by atoms with Gasteiger partial charge in [-0.3, -0.25) is 19.2 Å². The number of nitrogens with two attached hydrogens (primary N) is 1. The van der Waals surface area contributed by atoms with Crippen molar-refractivity contribution in [3.8, 4) is 5.75 Å². The first-order valence-electron chi connectivity index (χ1n) is 8.99. The Hall–Kier alpha value is -3.71. The van der Waals surface area contributed by atoms with Crippen LogP contribution in [0.25, 0.3) is 0 Å². The lowest BCUT2D eigenvalue weighted by atomic mass is 10.0. The van der Waals surface area contributed by atoms with Crippen molar-refractivity contribution >= 4 is 29.7 Å². The van der Waals surface area contributed by atoms with Gasteiger partial charge < -0.3 is 42.1 Å². The number of aliphatic carboxylic acids is 2. The molecule has 0 bridgehead atoms. The molecule has 9 N–H and O–H groups in total. The molecular weight excluding hydrogens is 416 g/mol. The van der Waals surface area contributed by atoms with Gasteiger partial charge in [0.1, 0.15) is 23.9 Å². The predicted molar refractivity (Wildman–Crippen MR) is 104 cm³/mol. The molecule has 0 radical (unpaired) electrons. The number of hydrogen-bond acceptors (Lipinski definition) is 8. The summed E-state index contributed by atoms with van der Waals surface area (Å²) < 4.78 is 0. The van der Waals surface area contributed by atoms with Crippen molar-refractivity contribution < 1.29 is 44.4 Å². The Morgan fingerprint density at radius 3 is 2.06 bits per heavy atom. The molecule has 0 heterocycles. The van der Waals surface area contributed by atoms with E-state index in [0.717, 1.165) is 0 Å². The lowest BCUT2D eigenvalue weighted by molar-refractivity contribution is -0.147. The molecule has 3 atom stereocenters. The fourth-order valence-corrected chi connectivity index (χ4v) is 2.35. The zero-order valence-electron chi connectivity index (χ0n) is 16.3. The Morgan fingerprint density at radius 1 is 0.935 bits per heavy atom. The second-order valence-corrected chi connectivity index (χ2v) is 6.49. The van der Waals surface area contributed by atoms with Crippen LogP contribution in [0.4, 0.5) is 0 Å². The van der Waals surface area contributed by atoms with E-state index in [2.05, 4.69) is 10.6 Å². The Labute approximate surface area is 176 Å². The zero-order chi connectivity index (χ0) is 23.6. The summed E-state index contributed by atoms with van der Waals surface area (Å²) in [7, 11) is 0. The number of aliphatic hydroxyl groups is 1. The van der Waals surface area contributed by atoms with Crippen LogP contribution in [-0.4, -0.2) is 81.4 Å². The molecule has 0 aliphatic rings. The van der Waals surface area contributed by atoms with Gasteiger partial charge in [0.15, 0.2) is 0 Å². The third-order valence-electron chi connectivity index (χ3n) is 3.98. The maximum atomic E-state index is 12.5. The normalized spacial score (nSPS) is 13.4. The average Bonchev–Trinajstić information content (AvgIpc) is 2.71. The van der Waals surface area contributed by atoms with E-state index in [9.17, 15) is 29.1 Å². The summed E-state index contributed by atoms with van der Waals surface area (Å²) in [6.45, 7) is -1.35. The maximum Gasteiger partial charge on any atom is 0.326 e. The molecule has 1 aromatic carbocycles. The standard InChI is InChI=1S/C18H24N4O9/c19-11(8-23)16(28)22-12(5-9-1-3-10(24)4-2-9)17(29)20-7-14(25)21-13(18(30)31)6-15(26)27/h1-4,11-13,23-24H,5-8,19H2,(H,20,29)(H,21,25)(H,22,28)(H,26,27)(H,30,31). The van der Waals surface area contributed by atoms with Gasteiger partial charge in [0, 0.05) is 6.42 Å². The number of hydrogen-bond donors (Lipinski definition) is 8. The third-order valence-corrected chi connectivity index (χ3v) is 3.98. The summed E-state index contributed by atoms with van der Waals surface area (Å²) in [4.78, 5) is 58.0. The van der Waals surface area contributed by atoms with Gasteiger partial charge in [-0.2, -0.15) is 0 Å². The SMILES string of the molecule is NC(CO)C(=O)NC(Cc1ccc(O)cc1)C(=O)NCC(=O)NC(CC(=O)O)C(=O)O. The van der Waals surface area contributed by atoms with E-state index in [4.69, 9.17) is 21.1 Å². The molecule has 31 heavy (non-hydrogen) atoms. The lowest BCUT2D eigenvalue weighted by Gasteiger charge is -2.20. The van der Waals surface area contributed by atoms with Crippen LogP contribution in [0.15, 0.2) is 24.3 Å². The molecule has 13 nitrogen and oxygen atoms in total. The summed E-state index contributed by atoms with van der Waals surface area (Å²) in [5.74, 6) is -5.60. The van der Waals surface area contributed by atoms with Gasteiger partial charge in [-0.05, 0) is 17.7 Å². The number of phenolic OH excluding ortho intramolecular Hbond substituents is 1. The van der Waals surface area contributed by atoms with Gasteiger partial charge in [0.25, 0.3) is 0 Å². The highest BCUT2D eigenvalue weighted by Gasteiger charge is 2.26. The summed E-state index contributed by atoms with van der Waals surface area (Å²) in [6, 6.07) is 1.56. The van der Waals surface area contributed by atoms with Crippen molar-refractivity contribution in [2.24, 2.45) is 5.73 Å². The van der Waals surface area contributed by atoms with E-state index in [1.54, 1.807) is 0 Å². The highest BCUT2D eigenvalue weighted by molar-refractivity contribution is 5.93. The molecule has 0 saturated heterocycles. The molecule has 170 valence electrons. The summed E-state index contributed by atoms with van der Waals surface area (Å²) in [5, 5.41) is 42.5. The summed E-state index contributed by atoms with van der Waals surface area (Å²) in [5.41, 5.74) is 5.98. The number of rotatable bonds is 12. The lowest BCUT2D eigenvalue weighted by Crippen LogP contribution is -2.55. The summed E-state index contributed by atoms with van der Waals surface area (Å²) >= 11 is 0. The maximum absolute atomic E-state index is 12.5. The molecule has 1 rings (SSSR count). The topological polar surface area (TPSA) is 228 Å². The molecule has 3 amide bonds. The average molecular weight is 440 g/mol. The predicted octanol–water partition coefficient (Wildman–Crippen LogP) is -3.10. The highest BCUT2D eigenvalue weighted by Crippen LogP contribution is 2.11. The highest BCUT2D eigenvalue weighted by atomic mass is 16.4. The van der Waals surface area contributed by atoms with Gasteiger partial charge in [-0.1, -0.05) is 12.1 Å². The largest absolute Gasteiger partial charge is 0.508 e. The smallest absolute Gasteiger partial charge is 0.326 e. The zero-order valence-corrected chi connectivity index (χ0v) is 16.3. The van der Waals surface area contributed by atoms with Crippen molar-refractivity contribution in [3.63, 3.8) is 0 Å². The monoisotopic (exact) mass is 440 g/mol. The number of aromatic hydroxyl groups is 1. The van der Waals surface area contributed by atoms with E-state index in [-0.39, 0.29) is 12.2 Å². The van der Waals surface area contributed by atoms with Crippen LogP contribution in [0.5, 0.6) is 5.75 Å². The van der Waals surface area contributed by atoms with Crippen LogP contribution < -0.4 is 21.7 Å². The van der Waals surface area contributed by atoms with Gasteiger partial charge in [-0.15, -0.1) is 0 Å². The van der Waals surface area contributed by atoms with Crippen LogP contribution in [0.2, 0.25) is 0 Å². The Bertz CT molecular complexity index is 813. The molecule has 0 aromatic heterocycles. The van der Waals surface area contributed by atoms with Crippen molar-refractivity contribution in [1.29, 1.82) is 0 Å². The Balaban J connectivity index is 2.80. The first-order valence-corrected chi connectivity index (χ1v) is 8.99. The Morgan fingerprint density at radius 2 is 1.55 bits per heavy atom. The number of aliphatic hydroxyl groups excluding tert-OH is 1. The minimum Gasteiger partial charge on any atom is -0.508 e. The molecule has 13 heteroatoms. The second-order valence-electron chi connectivity index (χ2n) is 6.49. The minimum atomic E-state index is -1.68. The molecule has 3 unspecified atom stereocenters. The number of carbonyl (C=O) groups excluding carboxylic acids is 3. The van der Waals surface area contributed by atoms with E-state index >= 15 is 0 Å². The van der Waals surface area contributed by atoms with Crippen molar-refractivity contribution in [1.82, 2.24) is 16.0 Å². The number of benzene rings is 1. The van der Waals surface area contributed by atoms with Crippen molar-refractivity contribution in [2.75, 3.05) is 13.2 Å². The van der Waals surface area contributed by atoms with Crippen LogP contribution in [0.1, 0.15) is 12.0 Å². The molecule has 1 aromatic rings. The van der Waals surface area contributed by atoms with E-state index in [1.807, 2.05) is 5.32 Å². The quantitative estimate of drug-likeness (QED) is 0.163. The molecule has 0 spiro atoms. The Kier molecular flexibility index (Phi) is 9.88. The van der Waals surface area contributed by atoms with Crippen LogP contribution in [0, 0.1) is 0 Å². The van der Waals surface area contributed by atoms with Gasteiger partial charge >= 0.3 is 11.9 Å².